The monoisotopic (exact) mass is 271 g/mol. The molecule has 0 saturated carbocycles. The maximum absolute atomic E-state index is 5.83. The van der Waals surface area contributed by atoms with Crippen molar-refractivity contribution in [3.05, 3.63) is 53.7 Å². The van der Waals surface area contributed by atoms with Crippen molar-refractivity contribution in [2.75, 3.05) is 19.1 Å². The van der Waals surface area contributed by atoms with E-state index >= 15 is 0 Å². The number of aromatic nitrogens is 1. The molecular weight excluding hydrogens is 250 g/mol. The number of anilines is 1. The van der Waals surface area contributed by atoms with E-state index in [1.807, 2.05) is 50.5 Å². The fourth-order valence-electron chi connectivity index (χ4n) is 2.02. The van der Waals surface area contributed by atoms with Crippen LogP contribution in [0.5, 0.6) is 5.75 Å². The van der Waals surface area contributed by atoms with Gasteiger partial charge in [0.1, 0.15) is 11.6 Å². The predicted octanol–water partition coefficient (Wildman–Crippen LogP) is 2.75. The van der Waals surface area contributed by atoms with Gasteiger partial charge in [0.25, 0.3) is 0 Å². The Morgan fingerprint density at radius 2 is 2.10 bits per heavy atom. The Hall–Kier alpha value is -2.07. The number of hydrogen-bond donors (Lipinski definition) is 1. The Balaban J connectivity index is 2.08. The predicted molar refractivity (Wildman–Crippen MR) is 81.9 cm³/mol. The number of pyridine rings is 1. The third kappa shape index (κ3) is 3.48. The minimum Gasteiger partial charge on any atom is -0.497 e. The van der Waals surface area contributed by atoms with Gasteiger partial charge in [-0.2, -0.15) is 0 Å². The number of rotatable bonds is 5. The number of ether oxygens (including phenoxy) is 1. The minimum absolute atomic E-state index is 0.0141. The third-order valence-electron chi connectivity index (χ3n) is 3.24. The molecule has 0 aliphatic heterocycles. The van der Waals surface area contributed by atoms with E-state index in [2.05, 4.69) is 16.0 Å². The number of benzene rings is 1. The van der Waals surface area contributed by atoms with Crippen molar-refractivity contribution >= 4 is 5.82 Å². The largest absolute Gasteiger partial charge is 0.497 e. The molecule has 2 rings (SSSR count). The second-order valence-corrected chi connectivity index (χ2v) is 4.95. The zero-order chi connectivity index (χ0) is 14.5. The van der Waals surface area contributed by atoms with Crippen molar-refractivity contribution in [1.82, 2.24) is 4.98 Å². The zero-order valence-electron chi connectivity index (χ0n) is 12.2. The maximum Gasteiger partial charge on any atom is 0.128 e. The SMILES string of the molecule is COc1cccc(CN(C)c2ccc([C@H](C)N)cn2)c1. The summed E-state index contributed by atoms with van der Waals surface area (Å²) in [6.45, 7) is 2.73. The number of hydrogen-bond acceptors (Lipinski definition) is 4. The molecule has 0 unspecified atom stereocenters. The van der Waals surface area contributed by atoms with Crippen LogP contribution in [0.4, 0.5) is 5.82 Å². The molecule has 4 nitrogen and oxygen atoms in total. The van der Waals surface area contributed by atoms with Crippen molar-refractivity contribution in [3.8, 4) is 5.75 Å². The minimum atomic E-state index is 0.0141. The smallest absolute Gasteiger partial charge is 0.128 e. The van der Waals surface area contributed by atoms with E-state index in [1.165, 1.54) is 5.56 Å². The van der Waals surface area contributed by atoms with Crippen LogP contribution >= 0.6 is 0 Å². The molecule has 1 heterocycles. The third-order valence-corrected chi connectivity index (χ3v) is 3.24. The van der Waals surface area contributed by atoms with Gasteiger partial charge in [-0.25, -0.2) is 4.98 Å². The topological polar surface area (TPSA) is 51.4 Å². The first kappa shape index (κ1) is 14.3. The molecule has 106 valence electrons. The van der Waals surface area contributed by atoms with Crippen molar-refractivity contribution in [2.24, 2.45) is 5.73 Å². The summed E-state index contributed by atoms with van der Waals surface area (Å²) in [5.74, 6) is 1.80. The van der Waals surface area contributed by atoms with E-state index in [4.69, 9.17) is 10.5 Å². The molecular formula is C16H21N3O. The van der Waals surface area contributed by atoms with E-state index in [0.29, 0.717) is 0 Å². The lowest BCUT2D eigenvalue weighted by Crippen LogP contribution is -2.18. The molecule has 0 fully saturated rings. The molecule has 0 saturated heterocycles. The van der Waals surface area contributed by atoms with Crippen LogP contribution in [0.15, 0.2) is 42.6 Å². The lowest BCUT2D eigenvalue weighted by molar-refractivity contribution is 0.414. The Bertz CT molecular complexity index is 552. The standard InChI is InChI=1S/C16H21N3O/c1-12(17)14-7-8-16(18-10-14)19(2)11-13-5-4-6-15(9-13)20-3/h4-10,12H,11,17H2,1-3H3/t12-/m0/s1. The molecule has 0 aliphatic rings. The average Bonchev–Trinajstić information content (AvgIpc) is 2.47. The quantitative estimate of drug-likeness (QED) is 0.908. The van der Waals surface area contributed by atoms with Gasteiger partial charge in [-0.05, 0) is 36.2 Å². The second-order valence-electron chi connectivity index (χ2n) is 4.95. The van der Waals surface area contributed by atoms with Crippen molar-refractivity contribution in [2.45, 2.75) is 19.5 Å². The molecule has 0 aliphatic carbocycles. The van der Waals surface area contributed by atoms with Gasteiger partial charge >= 0.3 is 0 Å². The maximum atomic E-state index is 5.83. The molecule has 0 spiro atoms. The molecule has 0 bridgehead atoms. The summed E-state index contributed by atoms with van der Waals surface area (Å²) in [6.07, 6.45) is 1.84. The highest BCUT2D eigenvalue weighted by Crippen LogP contribution is 2.18. The van der Waals surface area contributed by atoms with Crippen LogP contribution in [0.1, 0.15) is 24.1 Å². The van der Waals surface area contributed by atoms with Crippen LogP contribution in [0.2, 0.25) is 0 Å². The van der Waals surface area contributed by atoms with Gasteiger partial charge in [0, 0.05) is 25.8 Å². The Morgan fingerprint density at radius 1 is 1.30 bits per heavy atom. The van der Waals surface area contributed by atoms with Crippen molar-refractivity contribution < 1.29 is 4.74 Å². The van der Waals surface area contributed by atoms with Gasteiger partial charge in [0.15, 0.2) is 0 Å². The highest BCUT2D eigenvalue weighted by molar-refractivity contribution is 5.40. The number of methoxy groups -OCH3 is 1. The van der Waals surface area contributed by atoms with E-state index in [0.717, 1.165) is 23.7 Å². The molecule has 20 heavy (non-hydrogen) atoms. The van der Waals surface area contributed by atoms with E-state index in [9.17, 15) is 0 Å². The highest BCUT2D eigenvalue weighted by atomic mass is 16.5. The lowest BCUT2D eigenvalue weighted by Gasteiger charge is -2.19. The summed E-state index contributed by atoms with van der Waals surface area (Å²) in [6, 6.07) is 12.1. The van der Waals surface area contributed by atoms with Crippen LogP contribution in [0, 0.1) is 0 Å². The van der Waals surface area contributed by atoms with E-state index in [1.54, 1.807) is 7.11 Å². The summed E-state index contributed by atoms with van der Waals surface area (Å²) >= 11 is 0. The molecule has 4 heteroatoms. The number of nitrogens with two attached hydrogens (primary N) is 1. The molecule has 1 aromatic carbocycles. The van der Waals surface area contributed by atoms with Gasteiger partial charge in [-0.15, -0.1) is 0 Å². The van der Waals surface area contributed by atoms with Crippen LogP contribution < -0.4 is 15.4 Å². The van der Waals surface area contributed by atoms with Gasteiger partial charge in [-0.1, -0.05) is 18.2 Å². The summed E-state index contributed by atoms with van der Waals surface area (Å²) in [5, 5.41) is 0. The fraction of sp³-hybridized carbons (Fsp3) is 0.312. The molecule has 2 aromatic rings. The first-order chi connectivity index (χ1) is 9.60. The van der Waals surface area contributed by atoms with Crippen LogP contribution in [0.25, 0.3) is 0 Å². The molecule has 2 N–H and O–H groups in total. The van der Waals surface area contributed by atoms with Gasteiger partial charge < -0.3 is 15.4 Å². The van der Waals surface area contributed by atoms with E-state index in [-0.39, 0.29) is 6.04 Å². The average molecular weight is 271 g/mol. The molecule has 0 amide bonds. The summed E-state index contributed by atoms with van der Waals surface area (Å²) in [7, 11) is 3.70. The molecule has 0 radical (unpaired) electrons. The lowest BCUT2D eigenvalue weighted by atomic mass is 10.1. The van der Waals surface area contributed by atoms with Crippen LogP contribution in [-0.2, 0) is 6.54 Å². The van der Waals surface area contributed by atoms with Crippen LogP contribution in [-0.4, -0.2) is 19.1 Å². The van der Waals surface area contributed by atoms with E-state index < -0.39 is 0 Å². The van der Waals surface area contributed by atoms with Crippen LogP contribution in [0.3, 0.4) is 0 Å². The van der Waals surface area contributed by atoms with Crippen molar-refractivity contribution in [1.29, 1.82) is 0 Å². The summed E-state index contributed by atoms with van der Waals surface area (Å²) in [5.41, 5.74) is 8.06. The first-order valence-electron chi connectivity index (χ1n) is 6.65. The first-order valence-corrected chi connectivity index (χ1v) is 6.65. The van der Waals surface area contributed by atoms with Crippen molar-refractivity contribution in [3.63, 3.8) is 0 Å². The summed E-state index contributed by atoms with van der Waals surface area (Å²) in [4.78, 5) is 6.55. The zero-order valence-corrected chi connectivity index (χ0v) is 12.2. The Morgan fingerprint density at radius 3 is 2.70 bits per heavy atom. The second kappa shape index (κ2) is 6.39. The normalized spacial score (nSPS) is 12.0. The number of nitrogens with zero attached hydrogens (tertiary/aromatic N) is 2. The van der Waals surface area contributed by atoms with Gasteiger partial charge in [0.2, 0.25) is 0 Å². The molecule has 1 atom stereocenters. The van der Waals surface area contributed by atoms with Gasteiger partial charge in [-0.3, -0.25) is 0 Å². The fourth-order valence-corrected chi connectivity index (χ4v) is 2.02. The molecule has 1 aromatic heterocycles. The van der Waals surface area contributed by atoms with Gasteiger partial charge in [0.05, 0.1) is 7.11 Å². The highest BCUT2D eigenvalue weighted by Gasteiger charge is 2.06. The Kier molecular flexibility index (Phi) is 4.58. The summed E-state index contributed by atoms with van der Waals surface area (Å²) < 4.78 is 5.24. The Labute approximate surface area is 120 Å².